The Bertz CT molecular complexity index is 1160. The van der Waals surface area contributed by atoms with Gasteiger partial charge >= 0.3 is 6.09 Å². The maximum Gasteiger partial charge on any atom is 0.412 e. The minimum Gasteiger partial charge on any atom is -0.505 e. The van der Waals surface area contributed by atoms with E-state index in [2.05, 4.69) is 5.32 Å². The fourth-order valence-corrected chi connectivity index (χ4v) is 3.54. The summed E-state index contributed by atoms with van der Waals surface area (Å²) in [6.07, 6.45) is 2.22. The molecule has 4 N–H and O–H groups in total. The zero-order valence-electron chi connectivity index (χ0n) is 18.0. The Morgan fingerprint density at radius 1 is 1.12 bits per heavy atom. The van der Waals surface area contributed by atoms with E-state index in [1.807, 2.05) is 43.3 Å². The number of hydrogen-bond acceptors (Lipinski definition) is 5. The van der Waals surface area contributed by atoms with E-state index in [-0.39, 0.29) is 5.92 Å². The van der Waals surface area contributed by atoms with Crippen LogP contribution in [0.4, 0.5) is 14.9 Å². The van der Waals surface area contributed by atoms with Gasteiger partial charge in [0.1, 0.15) is 6.10 Å². The first-order valence-electron chi connectivity index (χ1n) is 10.4. The molecular weight excluding hydrogens is 427 g/mol. The summed E-state index contributed by atoms with van der Waals surface area (Å²) in [5.74, 6) is -2.22. The number of amides is 2. The van der Waals surface area contributed by atoms with Crippen LogP contribution >= 0.6 is 0 Å². The predicted octanol–water partition coefficient (Wildman–Crippen LogP) is 5.45. The van der Waals surface area contributed by atoms with Gasteiger partial charge in [-0.15, -0.1) is 0 Å². The van der Waals surface area contributed by atoms with E-state index in [1.54, 1.807) is 12.1 Å². The molecule has 0 heterocycles. The molecule has 0 aliphatic rings. The quantitative estimate of drug-likeness (QED) is 0.206. The molecular formula is C25H25FN2O5. The molecule has 172 valence electrons. The Labute approximate surface area is 190 Å². The van der Waals surface area contributed by atoms with E-state index in [4.69, 9.17) is 9.94 Å². The number of phenolic OH excluding ortho intramolecular Hbond substituents is 1. The van der Waals surface area contributed by atoms with Crippen molar-refractivity contribution in [3.05, 3.63) is 84.2 Å². The van der Waals surface area contributed by atoms with Crippen molar-refractivity contribution >= 4 is 28.5 Å². The number of hydroxylamine groups is 1. The fourth-order valence-electron chi connectivity index (χ4n) is 3.54. The second-order valence-corrected chi connectivity index (χ2v) is 7.62. The second-order valence-electron chi connectivity index (χ2n) is 7.62. The molecule has 2 atom stereocenters. The lowest BCUT2D eigenvalue weighted by atomic mass is 9.93. The highest BCUT2D eigenvalue weighted by molar-refractivity contribution is 6.00. The van der Waals surface area contributed by atoms with Crippen LogP contribution < -0.4 is 10.8 Å². The van der Waals surface area contributed by atoms with E-state index in [0.29, 0.717) is 24.1 Å². The lowest BCUT2D eigenvalue weighted by molar-refractivity contribution is -0.124. The Morgan fingerprint density at radius 2 is 1.88 bits per heavy atom. The van der Waals surface area contributed by atoms with Gasteiger partial charge in [0.15, 0.2) is 11.6 Å². The highest BCUT2D eigenvalue weighted by atomic mass is 19.1. The third-order valence-electron chi connectivity index (χ3n) is 5.25. The number of ether oxygens (including phenoxy) is 1. The molecule has 0 bridgehead atoms. The van der Waals surface area contributed by atoms with E-state index in [9.17, 15) is 19.1 Å². The van der Waals surface area contributed by atoms with Crippen LogP contribution in [0, 0.1) is 11.7 Å². The number of halogens is 1. The van der Waals surface area contributed by atoms with Crippen molar-refractivity contribution in [2.24, 2.45) is 5.92 Å². The van der Waals surface area contributed by atoms with Crippen molar-refractivity contribution in [1.29, 1.82) is 0 Å². The number of carbonyl (C=O) groups excluding carboxylic acids is 2. The smallest absolute Gasteiger partial charge is 0.412 e. The van der Waals surface area contributed by atoms with Gasteiger partial charge in [0.25, 0.3) is 5.91 Å². The van der Waals surface area contributed by atoms with Gasteiger partial charge in [-0.05, 0) is 47.9 Å². The number of benzene rings is 3. The number of fused-ring (bicyclic) bond motifs is 1. The number of carbonyl (C=O) groups is 2. The van der Waals surface area contributed by atoms with Gasteiger partial charge in [-0.25, -0.2) is 14.7 Å². The summed E-state index contributed by atoms with van der Waals surface area (Å²) in [7, 11) is 0. The lowest BCUT2D eigenvalue weighted by Crippen LogP contribution is -2.22. The third kappa shape index (κ3) is 6.30. The van der Waals surface area contributed by atoms with Gasteiger partial charge in [-0.1, -0.05) is 55.5 Å². The van der Waals surface area contributed by atoms with Crippen LogP contribution in [-0.4, -0.2) is 22.3 Å². The summed E-state index contributed by atoms with van der Waals surface area (Å²) in [5.41, 5.74) is 2.48. The minimum absolute atomic E-state index is 0.256. The topological polar surface area (TPSA) is 108 Å². The summed E-state index contributed by atoms with van der Waals surface area (Å²) in [6.45, 7) is 1.83. The zero-order valence-corrected chi connectivity index (χ0v) is 18.0. The van der Waals surface area contributed by atoms with Crippen LogP contribution in [0.15, 0.2) is 72.8 Å². The van der Waals surface area contributed by atoms with Crippen molar-refractivity contribution in [2.45, 2.75) is 25.9 Å². The maximum atomic E-state index is 14.0. The molecule has 0 radical (unpaired) electrons. The Morgan fingerprint density at radius 3 is 2.64 bits per heavy atom. The van der Waals surface area contributed by atoms with Crippen LogP contribution in [0.2, 0.25) is 0 Å². The molecule has 3 rings (SSSR count). The number of hydrogen-bond donors (Lipinski definition) is 4. The Kier molecular flexibility index (Phi) is 7.99. The summed E-state index contributed by atoms with van der Waals surface area (Å²) in [5, 5.41) is 22.6. The monoisotopic (exact) mass is 452 g/mol. The number of allylic oxidation sites excluding steroid dienone is 1. The molecule has 0 saturated carbocycles. The van der Waals surface area contributed by atoms with E-state index in [1.165, 1.54) is 23.7 Å². The maximum absolute atomic E-state index is 14.0. The standard InChI is InChI=1S/C25H25FN2O5/c1-16(7-2-5-12-23(30)28-32)24(18-13-14-22(29)20(26)15-18)33-25(31)27-21-11-6-9-17-8-3-4-10-19(17)21/h3-6,8-16,24,29,32H,2,7H2,1H3,(H,27,31)(H,28,30)/b12-5+/t16-,24+/m0/s1. The van der Waals surface area contributed by atoms with Crippen LogP contribution in [-0.2, 0) is 9.53 Å². The van der Waals surface area contributed by atoms with E-state index in [0.717, 1.165) is 16.8 Å². The van der Waals surface area contributed by atoms with Crippen LogP contribution in [0.3, 0.4) is 0 Å². The van der Waals surface area contributed by atoms with Crippen LogP contribution in [0.25, 0.3) is 10.8 Å². The molecule has 0 aliphatic carbocycles. The number of anilines is 1. The molecule has 7 nitrogen and oxygen atoms in total. The second kappa shape index (κ2) is 11.1. The van der Waals surface area contributed by atoms with Gasteiger partial charge in [-0.3, -0.25) is 15.3 Å². The first kappa shape index (κ1) is 23.7. The largest absolute Gasteiger partial charge is 0.505 e. The fraction of sp³-hybridized carbons (Fsp3) is 0.200. The SMILES string of the molecule is C[C@@H](CC/C=C/C(=O)NO)[C@@H](OC(=O)Nc1cccc2ccccc12)c1ccc(O)c(F)c1. The molecule has 3 aromatic rings. The zero-order chi connectivity index (χ0) is 23.8. The molecule has 2 amide bonds. The van der Waals surface area contributed by atoms with Crippen molar-refractivity contribution in [2.75, 3.05) is 5.32 Å². The van der Waals surface area contributed by atoms with Gasteiger partial charge < -0.3 is 9.84 Å². The number of phenols is 1. The molecule has 3 aromatic carbocycles. The van der Waals surface area contributed by atoms with Crippen molar-refractivity contribution in [1.82, 2.24) is 5.48 Å². The summed E-state index contributed by atoms with van der Waals surface area (Å²) in [4.78, 5) is 23.9. The Hall–Kier alpha value is -3.91. The normalized spacial score (nSPS) is 12.9. The predicted molar refractivity (Wildman–Crippen MR) is 122 cm³/mol. The summed E-state index contributed by atoms with van der Waals surface area (Å²) >= 11 is 0. The van der Waals surface area contributed by atoms with Gasteiger partial charge in [0.2, 0.25) is 0 Å². The summed E-state index contributed by atoms with van der Waals surface area (Å²) < 4.78 is 19.7. The molecule has 33 heavy (non-hydrogen) atoms. The third-order valence-corrected chi connectivity index (χ3v) is 5.25. The van der Waals surface area contributed by atoms with Crippen molar-refractivity contribution < 1.29 is 29.0 Å². The van der Waals surface area contributed by atoms with Gasteiger partial charge in [0, 0.05) is 11.5 Å². The lowest BCUT2D eigenvalue weighted by Gasteiger charge is -2.25. The number of rotatable bonds is 8. The molecule has 8 heteroatoms. The highest BCUT2D eigenvalue weighted by Crippen LogP contribution is 2.32. The first-order chi connectivity index (χ1) is 15.9. The van der Waals surface area contributed by atoms with Crippen LogP contribution in [0.1, 0.15) is 31.4 Å². The highest BCUT2D eigenvalue weighted by Gasteiger charge is 2.25. The number of nitrogens with one attached hydrogen (secondary N) is 2. The van der Waals surface area contributed by atoms with Crippen LogP contribution in [0.5, 0.6) is 5.75 Å². The average molecular weight is 452 g/mol. The Balaban J connectivity index is 1.78. The van der Waals surface area contributed by atoms with Gasteiger partial charge in [-0.2, -0.15) is 0 Å². The average Bonchev–Trinajstić information content (AvgIpc) is 2.82. The summed E-state index contributed by atoms with van der Waals surface area (Å²) in [6, 6.07) is 16.9. The van der Waals surface area contributed by atoms with Crippen molar-refractivity contribution in [3.8, 4) is 5.75 Å². The minimum atomic E-state index is -0.817. The molecule has 0 aliphatic heterocycles. The molecule has 0 saturated heterocycles. The van der Waals surface area contributed by atoms with E-state index >= 15 is 0 Å². The molecule has 0 fully saturated rings. The molecule has 0 spiro atoms. The molecule has 0 aromatic heterocycles. The van der Waals surface area contributed by atoms with Crippen molar-refractivity contribution in [3.63, 3.8) is 0 Å². The molecule has 0 unspecified atom stereocenters. The first-order valence-corrected chi connectivity index (χ1v) is 10.4. The van der Waals surface area contributed by atoms with Gasteiger partial charge in [0.05, 0.1) is 5.69 Å². The number of aromatic hydroxyl groups is 1. The van der Waals surface area contributed by atoms with E-state index < -0.39 is 29.7 Å².